The van der Waals surface area contributed by atoms with Crippen molar-refractivity contribution in [3.8, 4) is 5.75 Å². The normalized spacial score (nSPS) is 15.6. The van der Waals surface area contributed by atoms with Crippen LogP contribution in [0.2, 0.25) is 5.02 Å². The Hall–Kier alpha value is -2.28. The van der Waals surface area contributed by atoms with Crippen molar-refractivity contribution in [3.05, 3.63) is 65.2 Å². The van der Waals surface area contributed by atoms with E-state index in [1.54, 1.807) is 23.5 Å². The van der Waals surface area contributed by atoms with Gasteiger partial charge in [0, 0.05) is 36.9 Å². The van der Waals surface area contributed by atoms with Crippen LogP contribution in [0.1, 0.15) is 5.56 Å². The van der Waals surface area contributed by atoms with E-state index in [2.05, 4.69) is 4.90 Å². The predicted molar refractivity (Wildman–Crippen MR) is 118 cm³/mol. The van der Waals surface area contributed by atoms with Crippen LogP contribution in [-0.4, -0.2) is 46.0 Å². The molecule has 0 bridgehead atoms. The molecule has 0 saturated carbocycles. The topological polar surface area (TPSA) is 49.9 Å². The van der Waals surface area contributed by atoms with E-state index in [1.807, 2.05) is 49.4 Å². The van der Waals surface area contributed by atoms with Gasteiger partial charge < -0.3 is 9.64 Å². The van der Waals surface area contributed by atoms with Crippen molar-refractivity contribution in [3.63, 3.8) is 0 Å². The van der Waals surface area contributed by atoms with Gasteiger partial charge in [0.25, 0.3) is 0 Å². The lowest BCUT2D eigenvalue weighted by Crippen LogP contribution is -2.48. The monoisotopic (exact) mass is 430 g/mol. The Morgan fingerprint density at radius 2 is 1.62 bits per heavy atom. The highest BCUT2D eigenvalue weighted by Crippen LogP contribution is 2.29. The van der Waals surface area contributed by atoms with Gasteiger partial charge in [-0.1, -0.05) is 29.8 Å². The molecule has 0 unspecified atom stereocenters. The van der Waals surface area contributed by atoms with E-state index in [1.165, 1.54) is 0 Å². The number of hydrogen-bond acceptors (Lipinski definition) is 4. The Kier molecular flexibility index (Phi) is 5.42. The standard InChI is InChI=1S/C22H23ClN2O3S/c1-16-21(23)4-3-5-22(16)24-10-12-25(13-11-24)29(26,27)20-9-7-17-14-19(28-2)8-6-18(17)15-20/h3-9,14-15H,10-13H2,1-2H3. The Balaban J connectivity index is 1.54. The molecule has 0 aliphatic carbocycles. The number of benzene rings is 3. The van der Waals surface area contributed by atoms with E-state index in [-0.39, 0.29) is 0 Å². The molecule has 0 spiro atoms. The Morgan fingerprint density at radius 3 is 2.34 bits per heavy atom. The van der Waals surface area contributed by atoms with Gasteiger partial charge in [-0.3, -0.25) is 0 Å². The molecule has 29 heavy (non-hydrogen) atoms. The summed E-state index contributed by atoms with van der Waals surface area (Å²) in [6.45, 7) is 4.13. The van der Waals surface area contributed by atoms with Crippen molar-refractivity contribution >= 4 is 38.1 Å². The molecule has 1 fully saturated rings. The van der Waals surface area contributed by atoms with Crippen molar-refractivity contribution in [1.82, 2.24) is 4.31 Å². The summed E-state index contributed by atoms with van der Waals surface area (Å²) in [5.41, 5.74) is 2.09. The minimum Gasteiger partial charge on any atom is -0.497 e. The summed E-state index contributed by atoms with van der Waals surface area (Å²) < 4.78 is 33.2. The molecule has 3 aromatic rings. The number of ether oxygens (including phenoxy) is 1. The third-order valence-electron chi connectivity index (χ3n) is 5.48. The van der Waals surface area contributed by atoms with Gasteiger partial charge in [-0.15, -0.1) is 0 Å². The van der Waals surface area contributed by atoms with E-state index in [0.717, 1.165) is 32.8 Å². The number of hydrogen-bond donors (Lipinski definition) is 0. The molecular formula is C22H23ClN2O3S. The summed E-state index contributed by atoms with van der Waals surface area (Å²) in [6.07, 6.45) is 0. The Morgan fingerprint density at radius 1 is 0.931 bits per heavy atom. The third-order valence-corrected chi connectivity index (χ3v) is 7.78. The first-order valence-electron chi connectivity index (χ1n) is 9.48. The second-order valence-electron chi connectivity index (χ2n) is 7.15. The number of fused-ring (bicyclic) bond motifs is 1. The molecule has 152 valence electrons. The minimum atomic E-state index is -3.54. The largest absolute Gasteiger partial charge is 0.497 e. The SMILES string of the molecule is COc1ccc2cc(S(=O)(=O)N3CCN(c4cccc(Cl)c4C)CC3)ccc2c1. The quantitative estimate of drug-likeness (QED) is 0.618. The molecule has 5 nitrogen and oxygen atoms in total. The van der Waals surface area contributed by atoms with Gasteiger partial charge in [0.05, 0.1) is 12.0 Å². The van der Waals surface area contributed by atoms with Gasteiger partial charge in [0.15, 0.2) is 0 Å². The van der Waals surface area contributed by atoms with Crippen LogP contribution < -0.4 is 9.64 Å². The number of sulfonamides is 1. The molecule has 0 radical (unpaired) electrons. The van der Waals surface area contributed by atoms with E-state index in [4.69, 9.17) is 16.3 Å². The smallest absolute Gasteiger partial charge is 0.243 e. The lowest BCUT2D eigenvalue weighted by molar-refractivity contribution is 0.385. The van der Waals surface area contributed by atoms with Crippen molar-refractivity contribution in [1.29, 1.82) is 0 Å². The summed E-state index contributed by atoms with van der Waals surface area (Å²) in [4.78, 5) is 2.52. The molecule has 1 aliphatic heterocycles. The van der Waals surface area contributed by atoms with Crippen molar-refractivity contribution in [2.24, 2.45) is 0 Å². The van der Waals surface area contributed by atoms with E-state index in [9.17, 15) is 8.42 Å². The zero-order chi connectivity index (χ0) is 20.6. The average molecular weight is 431 g/mol. The van der Waals surface area contributed by atoms with Gasteiger partial charge in [-0.2, -0.15) is 4.31 Å². The Bertz CT molecular complexity index is 1160. The fourth-order valence-electron chi connectivity index (χ4n) is 3.75. The average Bonchev–Trinajstić information content (AvgIpc) is 2.75. The number of rotatable bonds is 4. The molecule has 7 heteroatoms. The van der Waals surface area contributed by atoms with Crippen LogP contribution in [0.5, 0.6) is 5.75 Å². The van der Waals surface area contributed by atoms with Crippen LogP contribution in [0, 0.1) is 6.92 Å². The zero-order valence-corrected chi connectivity index (χ0v) is 18.0. The first kappa shape index (κ1) is 20.0. The van der Waals surface area contributed by atoms with Crippen molar-refractivity contribution in [2.75, 3.05) is 38.2 Å². The molecule has 3 aromatic carbocycles. The number of piperazine rings is 1. The molecule has 0 atom stereocenters. The maximum absolute atomic E-state index is 13.2. The summed E-state index contributed by atoms with van der Waals surface area (Å²) >= 11 is 6.24. The molecule has 0 N–H and O–H groups in total. The van der Waals surface area contributed by atoms with Gasteiger partial charge >= 0.3 is 0 Å². The zero-order valence-electron chi connectivity index (χ0n) is 16.4. The van der Waals surface area contributed by atoms with Crippen LogP contribution in [-0.2, 0) is 10.0 Å². The van der Waals surface area contributed by atoms with Gasteiger partial charge in [-0.05, 0) is 59.7 Å². The van der Waals surface area contributed by atoms with E-state index in [0.29, 0.717) is 31.1 Å². The van der Waals surface area contributed by atoms with E-state index >= 15 is 0 Å². The van der Waals surface area contributed by atoms with Crippen LogP contribution in [0.4, 0.5) is 5.69 Å². The first-order valence-corrected chi connectivity index (χ1v) is 11.3. The molecule has 0 aromatic heterocycles. The molecule has 1 saturated heterocycles. The fraction of sp³-hybridized carbons (Fsp3) is 0.273. The third kappa shape index (κ3) is 3.80. The molecule has 4 rings (SSSR count). The van der Waals surface area contributed by atoms with Gasteiger partial charge in [0.1, 0.15) is 5.75 Å². The lowest BCUT2D eigenvalue weighted by atomic mass is 10.1. The highest BCUT2D eigenvalue weighted by Gasteiger charge is 2.29. The minimum absolute atomic E-state index is 0.322. The molecular weight excluding hydrogens is 408 g/mol. The van der Waals surface area contributed by atoms with Gasteiger partial charge in [-0.25, -0.2) is 8.42 Å². The Labute approximate surface area is 176 Å². The summed E-state index contributed by atoms with van der Waals surface area (Å²) in [5, 5.41) is 2.55. The molecule has 1 aliphatic rings. The second kappa shape index (κ2) is 7.86. The summed E-state index contributed by atoms with van der Waals surface area (Å²) in [5.74, 6) is 0.750. The van der Waals surface area contributed by atoms with Crippen LogP contribution in [0.3, 0.4) is 0 Å². The molecule has 1 heterocycles. The number of nitrogens with zero attached hydrogens (tertiary/aromatic N) is 2. The number of halogens is 1. The predicted octanol–water partition coefficient (Wildman–Crippen LogP) is 4.32. The number of methoxy groups -OCH3 is 1. The summed E-state index contributed by atoms with van der Waals surface area (Å²) in [7, 11) is -1.93. The highest BCUT2D eigenvalue weighted by molar-refractivity contribution is 7.89. The highest BCUT2D eigenvalue weighted by atomic mass is 35.5. The maximum atomic E-state index is 13.2. The van der Waals surface area contributed by atoms with E-state index < -0.39 is 10.0 Å². The summed E-state index contributed by atoms with van der Waals surface area (Å²) in [6, 6.07) is 16.7. The van der Waals surface area contributed by atoms with Crippen molar-refractivity contribution in [2.45, 2.75) is 11.8 Å². The first-order chi connectivity index (χ1) is 13.9. The lowest BCUT2D eigenvalue weighted by Gasteiger charge is -2.36. The van der Waals surface area contributed by atoms with Crippen LogP contribution in [0.15, 0.2) is 59.5 Å². The van der Waals surface area contributed by atoms with Crippen LogP contribution >= 0.6 is 11.6 Å². The van der Waals surface area contributed by atoms with Gasteiger partial charge in [0.2, 0.25) is 10.0 Å². The maximum Gasteiger partial charge on any atom is 0.243 e. The van der Waals surface area contributed by atoms with Crippen LogP contribution in [0.25, 0.3) is 10.8 Å². The number of anilines is 1. The second-order valence-corrected chi connectivity index (χ2v) is 9.50. The van der Waals surface area contributed by atoms with Crippen molar-refractivity contribution < 1.29 is 13.2 Å². The fourth-order valence-corrected chi connectivity index (χ4v) is 5.37. The molecule has 0 amide bonds.